The molecule has 1 aromatic rings. The number of Topliss-reactive ketones (excluding diaryl/α,β-unsaturated/α-hetero) is 1. The molecule has 5 heteroatoms. The number of carboxylic acid groups (broad SMARTS) is 1. The lowest BCUT2D eigenvalue weighted by atomic mass is 9.90. The quantitative estimate of drug-likeness (QED) is 0.838. The molecule has 0 spiro atoms. The number of aliphatic carboxylic acids is 1. The van der Waals surface area contributed by atoms with E-state index in [1.165, 1.54) is 0 Å². The van der Waals surface area contributed by atoms with Crippen LogP contribution in [0.3, 0.4) is 0 Å². The second-order valence-corrected chi connectivity index (χ2v) is 4.69. The molecule has 0 heterocycles. The van der Waals surface area contributed by atoms with E-state index in [1.807, 2.05) is 0 Å². The van der Waals surface area contributed by atoms with Crippen molar-refractivity contribution in [3.05, 3.63) is 27.7 Å². The maximum Gasteiger partial charge on any atom is 0.163 e. The van der Waals surface area contributed by atoms with Gasteiger partial charge in [-0.3, -0.25) is 4.79 Å². The van der Waals surface area contributed by atoms with Crippen LogP contribution >= 0.6 is 15.9 Å². The van der Waals surface area contributed by atoms with Crippen LogP contribution < -0.4 is 9.84 Å². The number of carbonyl (C=O) groups is 2. The van der Waals surface area contributed by atoms with Crippen LogP contribution in [0.4, 0.5) is 0 Å². The van der Waals surface area contributed by atoms with Gasteiger partial charge < -0.3 is 14.6 Å². The number of benzene rings is 1. The molecule has 0 saturated heterocycles. The summed E-state index contributed by atoms with van der Waals surface area (Å²) in [5.41, 5.74) is 1.42. The SMILES string of the molecule is O=C([O-])COc1c(Br)ccc2c1CCCC2=O. The number of halogens is 1. The molecule has 4 nitrogen and oxygen atoms in total. The lowest BCUT2D eigenvalue weighted by Crippen LogP contribution is -2.29. The van der Waals surface area contributed by atoms with E-state index in [2.05, 4.69) is 15.9 Å². The highest BCUT2D eigenvalue weighted by atomic mass is 79.9. The molecule has 0 N–H and O–H groups in total. The fourth-order valence-corrected chi connectivity index (χ4v) is 2.44. The van der Waals surface area contributed by atoms with Gasteiger partial charge in [-0.05, 0) is 40.9 Å². The van der Waals surface area contributed by atoms with E-state index >= 15 is 0 Å². The number of carbonyl (C=O) groups excluding carboxylic acids is 2. The third kappa shape index (κ3) is 2.49. The number of rotatable bonds is 3. The summed E-state index contributed by atoms with van der Waals surface area (Å²) in [6.07, 6.45) is 2.03. The summed E-state index contributed by atoms with van der Waals surface area (Å²) < 4.78 is 5.84. The summed E-state index contributed by atoms with van der Waals surface area (Å²) >= 11 is 3.30. The van der Waals surface area contributed by atoms with E-state index in [1.54, 1.807) is 12.1 Å². The van der Waals surface area contributed by atoms with Gasteiger partial charge in [0.05, 0.1) is 10.4 Å². The van der Waals surface area contributed by atoms with Gasteiger partial charge in [-0.2, -0.15) is 0 Å². The number of ether oxygens (including phenoxy) is 1. The third-order valence-corrected chi connectivity index (χ3v) is 3.30. The summed E-state index contributed by atoms with van der Waals surface area (Å²) in [4.78, 5) is 22.1. The van der Waals surface area contributed by atoms with Crippen molar-refractivity contribution in [3.63, 3.8) is 0 Å². The monoisotopic (exact) mass is 297 g/mol. The van der Waals surface area contributed by atoms with Crippen LogP contribution in [0.25, 0.3) is 0 Å². The molecule has 0 aromatic heterocycles. The Bertz CT molecular complexity index is 482. The molecule has 0 atom stereocenters. The van der Waals surface area contributed by atoms with E-state index in [-0.39, 0.29) is 5.78 Å². The molecular formula is C12H10BrO4-. The molecule has 2 rings (SSSR count). The van der Waals surface area contributed by atoms with Gasteiger partial charge in [-0.1, -0.05) is 0 Å². The van der Waals surface area contributed by atoms with Crippen LogP contribution in [0.15, 0.2) is 16.6 Å². The van der Waals surface area contributed by atoms with Crippen LogP contribution in [0.1, 0.15) is 28.8 Å². The van der Waals surface area contributed by atoms with Crippen molar-refractivity contribution < 1.29 is 19.4 Å². The minimum Gasteiger partial charge on any atom is -0.546 e. The second kappa shape index (κ2) is 4.87. The Hall–Kier alpha value is -1.36. The number of fused-ring (bicyclic) bond motifs is 1. The minimum absolute atomic E-state index is 0.0806. The Morgan fingerprint density at radius 3 is 2.88 bits per heavy atom. The lowest BCUT2D eigenvalue weighted by molar-refractivity contribution is -0.307. The molecule has 0 radical (unpaired) electrons. The first-order chi connectivity index (χ1) is 8.09. The van der Waals surface area contributed by atoms with E-state index < -0.39 is 12.6 Å². The number of carboxylic acids is 1. The first kappa shape index (κ1) is 12.1. The summed E-state index contributed by atoms with van der Waals surface area (Å²) in [6, 6.07) is 3.44. The fraction of sp³-hybridized carbons (Fsp3) is 0.333. The van der Waals surface area contributed by atoms with Crippen LogP contribution in [0, 0.1) is 0 Å². The van der Waals surface area contributed by atoms with E-state index in [9.17, 15) is 14.7 Å². The molecule has 1 aromatic carbocycles. The summed E-state index contributed by atoms with van der Waals surface area (Å²) in [5.74, 6) is -0.756. The molecule has 0 amide bonds. The smallest absolute Gasteiger partial charge is 0.163 e. The summed E-state index contributed by atoms with van der Waals surface area (Å²) in [6.45, 7) is -0.511. The second-order valence-electron chi connectivity index (χ2n) is 3.84. The standard InChI is InChI=1S/C12H11BrO4/c13-9-5-4-7-8(2-1-3-10(7)14)12(9)17-6-11(15)16/h4-5H,1-3,6H2,(H,15,16)/p-1. The van der Waals surface area contributed by atoms with E-state index in [0.29, 0.717) is 22.2 Å². The molecule has 0 bridgehead atoms. The van der Waals surface area contributed by atoms with Gasteiger partial charge in [-0.25, -0.2) is 0 Å². The van der Waals surface area contributed by atoms with Gasteiger partial charge in [0.2, 0.25) is 0 Å². The van der Waals surface area contributed by atoms with Gasteiger partial charge in [0.15, 0.2) is 5.78 Å². The zero-order valence-electron chi connectivity index (χ0n) is 8.99. The van der Waals surface area contributed by atoms with Crippen LogP contribution in [-0.4, -0.2) is 18.4 Å². The van der Waals surface area contributed by atoms with Crippen molar-refractivity contribution in [2.75, 3.05) is 6.61 Å². The Morgan fingerprint density at radius 1 is 1.41 bits per heavy atom. The normalized spacial score (nSPS) is 14.3. The minimum atomic E-state index is -1.28. The highest BCUT2D eigenvalue weighted by Gasteiger charge is 2.22. The van der Waals surface area contributed by atoms with Crippen molar-refractivity contribution in [2.24, 2.45) is 0 Å². The topological polar surface area (TPSA) is 66.4 Å². The van der Waals surface area contributed by atoms with Crippen LogP contribution in [0.2, 0.25) is 0 Å². The van der Waals surface area contributed by atoms with Crippen molar-refractivity contribution in [2.45, 2.75) is 19.3 Å². The molecule has 1 aliphatic carbocycles. The molecule has 0 saturated carbocycles. The average molecular weight is 298 g/mol. The average Bonchev–Trinajstić information content (AvgIpc) is 2.27. The van der Waals surface area contributed by atoms with Gasteiger partial charge in [0, 0.05) is 17.5 Å². The number of hydrogen-bond acceptors (Lipinski definition) is 4. The Morgan fingerprint density at radius 2 is 2.18 bits per heavy atom. The Labute approximate surface area is 107 Å². The number of ketones is 1. The first-order valence-electron chi connectivity index (χ1n) is 5.27. The highest BCUT2D eigenvalue weighted by Crippen LogP contribution is 2.35. The van der Waals surface area contributed by atoms with Crippen molar-refractivity contribution in [3.8, 4) is 5.75 Å². The summed E-state index contributed by atoms with van der Waals surface area (Å²) in [5, 5.41) is 10.4. The molecule has 0 unspecified atom stereocenters. The lowest BCUT2D eigenvalue weighted by Gasteiger charge is -2.20. The Kier molecular flexibility index (Phi) is 3.47. The molecule has 1 aliphatic rings. The maximum absolute atomic E-state index is 11.7. The first-order valence-corrected chi connectivity index (χ1v) is 6.06. The molecule has 0 aliphatic heterocycles. The molecule has 17 heavy (non-hydrogen) atoms. The van der Waals surface area contributed by atoms with Gasteiger partial charge in [0.25, 0.3) is 0 Å². The van der Waals surface area contributed by atoms with Gasteiger partial charge in [-0.15, -0.1) is 0 Å². The molecule has 90 valence electrons. The van der Waals surface area contributed by atoms with Crippen LogP contribution in [-0.2, 0) is 11.2 Å². The third-order valence-electron chi connectivity index (χ3n) is 2.68. The molecule has 0 fully saturated rings. The predicted octanol–water partition coefficient (Wildman–Crippen LogP) is 1.10. The summed E-state index contributed by atoms with van der Waals surface area (Å²) in [7, 11) is 0. The largest absolute Gasteiger partial charge is 0.546 e. The zero-order chi connectivity index (χ0) is 12.4. The zero-order valence-corrected chi connectivity index (χ0v) is 10.6. The predicted molar refractivity (Wildman–Crippen MR) is 61.9 cm³/mol. The highest BCUT2D eigenvalue weighted by molar-refractivity contribution is 9.10. The van der Waals surface area contributed by atoms with Crippen molar-refractivity contribution >= 4 is 27.7 Å². The van der Waals surface area contributed by atoms with Crippen molar-refractivity contribution in [1.29, 1.82) is 0 Å². The van der Waals surface area contributed by atoms with Gasteiger partial charge >= 0.3 is 0 Å². The van der Waals surface area contributed by atoms with Crippen molar-refractivity contribution in [1.82, 2.24) is 0 Å². The van der Waals surface area contributed by atoms with E-state index in [4.69, 9.17) is 4.74 Å². The fourth-order valence-electron chi connectivity index (χ4n) is 1.96. The molecular weight excluding hydrogens is 288 g/mol. The Balaban J connectivity index is 2.39. The van der Waals surface area contributed by atoms with E-state index in [0.717, 1.165) is 18.4 Å². The maximum atomic E-state index is 11.7. The number of hydrogen-bond donors (Lipinski definition) is 0. The van der Waals surface area contributed by atoms with Gasteiger partial charge in [0.1, 0.15) is 12.4 Å². The van der Waals surface area contributed by atoms with Crippen LogP contribution in [0.5, 0.6) is 5.75 Å².